The van der Waals surface area contributed by atoms with E-state index in [1.807, 2.05) is 14.0 Å². The van der Waals surface area contributed by atoms with Crippen LogP contribution in [-0.4, -0.2) is 62.8 Å². The lowest BCUT2D eigenvalue weighted by Gasteiger charge is -2.43. The first-order valence-electron chi connectivity index (χ1n) is 9.27. The molecule has 6 heteroatoms. The number of likely N-dealkylation sites (tertiary alicyclic amines) is 1. The molecule has 1 unspecified atom stereocenters. The Kier molecular flexibility index (Phi) is 13.1. The van der Waals surface area contributed by atoms with E-state index in [2.05, 4.69) is 41.3 Å². The fourth-order valence-corrected chi connectivity index (χ4v) is 3.05. The van der Waals surface area contributed by atoms with Crippen molar-refractivity contribution in [3.63, 3.8) is 0 Å². The van der Waals surface area contributed by atoms with Crippen molar-refractivity contribution in [2.75, 3.05) is 46.4 Å². The maximum absolute atomic E-state index is 5.36. The molecule has 1 heterocycles. The predicted octanol–water partition coefficient (Wildman–Crippen LogP) is 3.10. The van der Waals surface area contributed by atoms with Crippen molar-refractivity contribution in [3.8, 4) is 0 Å². The molecule has 0 aromatic rings. The Balaban J connectivity index is 0.00000529. The van der Waals surface area contributed by atoms with Gasteiger partial charge in [-0.15, -0.1) is 24.0 Å². The van der Waals surface area contributed by atoms with E-state index in [1.54, 1.807) is 0 Å². The lowest BCUT2D eigenvalue weighted by Crippen LogP contribution is -2.56. The normalized spacial score (nSPS) is 19.7. The van der Waals surface area contributed by atoms with Crippen LogP contribution >= 0.6 is 24.0 Å². The van der Waals surface area contributed by atoms with E-state index in [4.69, 9.17) is 4.74 Å². The standard InChI is InChI=1S/C18H38N4O.HI/c1-6-23-13-8-7-11-20-17(19-5)21-15-18(3,4)22-12-9-10-16(2)14-22;/h16H,6-15H2,1-5H3,(H2,19,20,21);1H. The van der Waals surface area contributed by atoms with Gasteiger partial charge >= 0.3 is 0 Å². The zero-order valence-corrected chi connectivity index (χ0v) is 18.7. The van der Waals surface area contributed by atoms with Crippen molar-refractivity contribution in [2.24, 2.45) is 10.9 Å². The minimum Gasteiger partial charge on any atom is -0.382 e. The summed E-state index contributed by atoms with van der Waals surface area (Å²) in [6.45, 7) is 15.0. The van der Waals surface area contributed by atoms with Gasteiger partial charge in [0.15, 0.2) is 5.96 Å². The van der Waals surface area contributed by atoms with Gasteiger partial charge in [-0.1, -0.05) is 6.92 Å². The second-order valence-electron chi connectivity index (χ2n) is 7.26. The lowest BCUT2D eigenvalue weighted by molar-refractivity contribution is 0.0739. The van der Waals surface area contributed by atoms with Crippen LogP contribution in [0.3, 0.4) is 0 Å². The topological polar surface area (TPSA) is 48.9 Å². The van der Waals surface area contributed by atoms with Gasteiger partial charge in [-0.3, -0.25) is 9.89 Å². The average molecular weight is 454 g/mol. The van der Waals surface area contributed by atoms with Crippen molar-refractivity contribution in [3.05, 3.63) is 0 Å². The third-order valence-corrected chi connectivity index (χ3v) is 4.64. The molecule has 1 atom stereocenters. The molecule has 5 nitrogen and oxygen atoms in total. The SMILES string of the molecule is CCOCCCCNC(=NC)NCC(C)(C)N1CCCC(C)C1.I. The maximum atomic E-state index is 5.36. The molecule has 144 valence electrons. The first-order chi connectivity index (χ1) is 11.0. The van der Waals surface area contributed by atoms with Crippen LogP contribution in [0, 0.1) is 5.92 Å². The Bertz CT molecular complexity index is 350. The van der Waals surface area contributed by atoms with Gasteiger partial charge in [-0.25, -0.2) is 0 Å². The number of piperidine rings is 1. The van der Waals surface area contributed by atoms with Gasteiger partial charge in [-0.05, 0) is 58.9 Å². The van der Waals surface area contributed by atoms with E-state index < -0.39 is 0 Å². The van der Waals surface area contributed by atoms with Crippen LogP contribution in [0.5, 0.6) is 0 Å². The van der Waals surface area contributed by atoms with E-state index in [-0.39, 0.29) is 29.5 Å². The van der Waals surface area contributed by atoms with Gasteiger partial charge in [0, 0.05) is 45.4 Å². The summed E-state index contributed by atoms with van der Waals surface area (Å²) in [4.78, 5) is 6.94. The molecule has 1 fully saturated rings. The molecule has 24 heavy (non-hydrogen) atoms. The number of guanidine groups is 1. The Labute approximate surface area is 166 Å². The van der Waals surface area contributed by atoms with Gasteiger partial charge in [0.25, 0.3) is 0 Å². The van der Waals surface area contributed by atoms with Gasteiger partial charge in [-0.2, -0.15) is 0 Å². The van der Waals surface area contributed by atoms with E-state index in [1.165, 1.54) is 25.9 Å². The molecule has 0 amide bonds. The van der Waals surface area contributed by atoms with Crippen molar-refractivity contribution in [1.29, 1.82) is 0 Å². The van der Waals surface area contributed by atoms with E-state index in [0.717, 1.165) is 51.0 Å². The fourth-order valence-electron chi connectivity index (χ4n) is 3.05. The molecule has 2 N–H and O–H groups in total. The Hall–Kier alpha value is -0.0800. The van der Waals surface area contributed by atoms with Crippen LogP contribution in [0.1, 0.15) is 53.4 Å². The second kappa shape index (κ2) is 13.2. The van der Waals surface area contributed by atoms with Gasteiger partial charge < -0.3 is 15.4 Å². The molecule has 0 saturated carbocycles. The van der Waals surface area contributed by atoms with Gasteiger partial charge in [0.05, 0.1) is 0 Å². The maximum Gasteiger partial charge on any atom is 0.191 e. The highest BCUT2D eigenvalue weighted by atomic mass is 127. The quantitative estimate of drug-likeness (QED) is 0.243. The number of ether oxygens (including phenoxy) is 1. The third-order valence-electron chi connectivity index (χ3n) is 4.64. The second-order valence-corrected chi connectivity index (χ2v) is 7.26. The van der Waals surface area contributed by atoms with E-state index >= 15 is 0 Å². The minimum atomic E-state index is 0. The highest BCUT2D eigenvalue weighted by Gasteiger charge is 2.30. The molecule has 0 radical (unpaired) electrons. The fraction of sp³-hybridized carbons (Fsp3) is 0.944. The Morgan fingerprint density at radius 3 is 2.67 bits per heavy atom. The summed E-state index contributed by atoms with van der Waals surface area (Å²) in [7, 11) is 1.84. The zero-order chi connectivity index (χ0) is 17.1. The van der Waals surface area contributed by atoms with Crippen molar-refractivity contribution in [1.82, 2.24) is 15.5 Å². The van der Waals surface area contributed by atoms with Crippen molar-refractivity contribution in [2.45, 2.75) is 58.9 Å². The number of nitrogens with one attached hydrogen (secondary N) is 2. The number of unbranched alkanes of at least 4 members (excludes halogenated alkanes) is 1. The van der Waals surface area contributed by atoms with Crippen molar-refractivity contribution >= 4 is 29.9 Å². The summed E-state index contributed by atoms with van der Waals surface area (Å²) >= 11 is 0. The summed E-state index contributed by atoms with van der Waals surface area (Å²) in [6.07, 6.45) is 4.88. The number of nitrogens with zero attached hydrogens (tertiary/aromatic N) is 2. The molecule has 0 aromatic carbocycles. The molecule has 0 bridgehead atoms. The number of hydrogen-bond acceptors (Lipinski definition) is 3. The van der Waals surface area contributed by atoms with Crippen molar-refractivity contribution < 1.29 is 4.74 Å². The lowest BCUT2D eigenvalue weighted by atomic mass is 9.93. The van der Waals surface area contributed by atoms with Crippen LogP contribution in [-0.2, 0) is 4.74 Å². The number of hydrogen-bond donors (Lipinski definition) is 2. The highest BCUT2D eigenvalue weighted by Crippen LogP contribution is 2.23. The molecule has 1 aliphatic rings. The van der Waals surface area contributed by atoms with E-state index in [0.29, 0.717) is 0 Å². The molecule has 1 rings (SSSR count). The predicted molar refractivity (Wildman–Crippen MR) is 115 cm³/mol. The Morgan fingerprint density at radius 2 is 2.04 bits per heavy atom. The monoisotopic (exact) mass is 454 g/mol. The van der Waals surface area contributed by atoms with Crippen LogP contribution in [0.4, 0.5) is 0 Å². The average Bonchev–Trinajstić information content (AvgIpc) is 2.53. The van der Waals surface area contributed by atoms with Crippen LogP contribution in [0.25, 0.3) is 0 Å². The molecule has 0 aromatic heterocycles. The first kappa shape index (κ1) is 23.9. The third kappa shape index (κ3) is 9.42. The molecule has 0 aliphatic carbocycles. The number of rotatable bonds is 9. The summed E-state index contributed by atoms with van der Waals surface area (Å²) in [5, 5.41) is 6.89. The van der Waals surface area contributed by atoms with Crippen LogP contribution in [0.15, 0.2) is 4.99 Å². The molecular weight excluding hydrogens is 415 g/mol. The number of halogens is 1. The molecule has 1 saturated heterocycles. The minimum absolute atomic E-state index is 0. The smallest absolute Gasteiger partial charge is 0.191 e. The van der Waals surface area contributed by atoms with Gasteiger partial charge in [0.1, 0.15) is 0 Å². The molecule has 0 spiro atoms. The summed E-state index contributed by atoms with van der Waals surface area (Å²) < 4.78 is 5.36. The number of aliphatic imine (C=N–C) groups is 1. The molecular formula is C18H39IN4O. The summed E-state index contributed by atoms with van der Waals surface area (Å²) in [6, 6.07) is 0. The zero-order valence-electron chi connectivity index (χ0n) is 16.4. The van der Waals surface area contributed by atoms with Gasteiger partial charge in [0.2, 0.25) is 0 Å². The molecule has 1 aliphatic heterocycles. The summed E-state index contributed by atoms with van der Waals surface area (Å²) in [5.41, 5.74) is 0.154. The highest BCUT2D eigenvalue weighted by molar-refractivity contribution is 14.0. The summed E-state index contributed by atoms with van der Waals surface area (Å²) in [5.74, 6) is 1.71. The van der Waals surface area contributed by atoms with E-state index in [9.17, 15) is 0 Å². The van der Waals surface area contributed by atoms with Crippen LogP contribution < -0.4 is 10.6 Å². The first-order valence-corrected chi connectivity index (χ1v) is 9.27. The Morgan fingerprint density at radius 1 is 1.29 bits per heavy atom. The van der Waals surface area contributed by atoms with Crippen LogP contribution in [0.2, 0.25) is 0 Å². The largest absolute Gasteiger partial charge is 0.382 e.